The second-order valence-electron chi connectivity index (χ2n) is 5.59. The number of nitrogens with one attached hydrogen (secondary N) is 1. The summed E-state index contributed by atoms with van der Waals surface area (Å²) in [5, 5.41) is 0.573. The summed E-state index contributed by atoms with van der Waals surface area (Å²) in [6.45, 7) is 0.402. The predicted molar refractivity (Wildman–Crippen MR) is 94.7 cm³/mol. The molecule has 0 fully saturated rings. The van der Waals surface area contributed by atoms with Crippen LogP contribution in [0.3, 0.4) is 0 Å². The second-order valence-corrected chi connectivity index (χ2v) is 7.86. The molecule has 0 aromatic heterocycles. The third-order valence-electron chi connectivity index (χ3n) is 4.27. The third-order valence-corrected chi connectivity index (χ3v) is 6.03. The Morgan fingerprint density at radius 2 is 2.04 bits per heavy atom. The molecule has 0 amide bonds. The highest BCUT2D eigenvalue weighted by Crippen LogP contribution is 2.38. The van der Waals surface area contributed by atoms with Crippen molar-refractivity contribution < 1.29 is 13.2 Å². The van der Waals surface area contributed by atoms with E-state index in [-0.39, 0.29) is 0 Å². The number of rotatable bonds is 4. The summed E-state index contributed by atoms with van der Waals surface area (Å²) in [6, 6.07) is 12.7. The normalized spacial score (nSPS) is 18.2. The van der Waals surface area contributed by atoms with Gasteiger partial charge in [0.25, 0.3) is 10.2 Å². The molecule has 0 aliphatic carbocycles. The number of hydrogen-bond acceptors (Lipinski definition) is 3. The molecule has 7 heteroatoms. The molecule has 3 rings (SSSR count). The number of fused-ring (bicyclic) bond motifs is 1. The molecule has 0 radical (unpaired) electrons. The summed E-state index contributed by atoms with van der Waals surface area (Å²) in [5.74, 6) is 0.699. The maximum absolute atomic E-state index is 12.5. The Balaban J connectivity index is 2.20. The Morgan fingerprint density at radius 1 is 1.25 bits per heavy atom. The molecule has 1 heterocycles. The Morgan fingerprint density at radius 3 is 2.71 bits per heavy atom. The number of hydrogen-bond donors (Lipinski definition) is 1. The smallest absolute Gasteiger partial charge is 0.280 e. The van der Waals surface area contributed by atoms with E-state index < -0.39 is 16.3 Å². The van der Waals surface area contributed by atoms with Crippen molar-refractivity contribution >= 4 is 21.8 Å². The molecular weight excluding hydrogens is 348 g/mol. The molecule has 2 aromatic rings. The van der Waals surface area contributed by atoms with Crippen LogP contribution < -0.4 is 9.46 Å². The van der Waals surface area contributed by atoms with Crippen LogP contribution in [-0.4, -0.2) is 33.4 Å². The van der Waals surface area contributed by atoms with Crippen LogP contribution in [-0.2, 0) is 16.6 Å². The van der Waals surface area contributed by atoms with Gasteiger partial charge < -0.3 is 4.74 Å². The summed E-state index contributed by atoms with van der Waals surface area (Å²) in [5.41, 5.74) is 2.86. The van der Waals surface area contributed by atoms with Crippen LogP contribution in [0.4, 0.5) is 0 Å². The van der Waals surface area contributed by atoms with E-state index in [1.165, 1.54) is 11.4 Å². The lowest BCUT2D eigenvalue weighted by Crippen LogP contribution is -2.45. The zero-order valence-electron chi connectivity index (χ0n) is 13.5. The molecule has 1 aliphatic rings. The highest BCUT2D eigenvalue weighted by atomic mass is 35.5. The van der Waals surface area contributed by atoms with E-state index in [2.05, 4.69) is 4.72 Å². The van der Waals surface area contributed by atoms with E-state index >= 15 is 0 Å². The van der Waals surface area contributed by atoms with Gasteiger partial charge in [-0.25, -0.2) is 4.72 Å². The van der Waals surface area contributed by atoms with Gasteiger partial charge in [-0.2, -0.15) is 12.7 Å². The standard InChI is InChI=1S/C17H19ClN2O3S/c1-19-24(21,22)20-9-8-12-6-7-15(23-2)11-16(12)17(20)13-4-3-5-14(18)10-13/h3-7,10-11,17,19H,8-9H2,1-2H3. The van der Waals surface area contributed by atoms with E-state index in [9.17, 15) is 8.42 Å². The average Bonchev–Trinajstić information content (AvgIpc) is 2.60. The van der Waals surface area contributed by atoms with E-state index in [1.807, 2.05) is 30.3 Å². The fourth-order valence-corrected chi connectivity index (χ4v) is 4.37. The fraction of sp³-hybridized carbons (Fsp3) is 0.294. The molecule has 24 heavy (non-hydrogen) atoms. The zero-order valence-corrected chi connectivity index (χ0v) is 15.1. The lowest BCUT2D eigenvalue weighted by Gasteiger charge is -2.36. The maximum atomic E-state index is 12.5. The first kappa shape index (κ1) is 17.2. The second kappa shape index (κ2) is 6.72. The summed E-state index contributed by atoms with van der Waals surface area (Å²) in [7, 11) is -0.574. The minimum absolute atomic E-state index is 0.402. The van der Waals surface area contributed by atoms with Gasteiger partial charge in [0.1, 0.15) is 5.75 Å². The number of benzene rings is 2. The van der Waals surface area contributed by atoms with E-state index in [1.54, 1.807) is 19.2 Å². The van der Waals surface area contributed by atoms with Crippen molar-refractivity contribution in [3.8, 4) is 5.75 Å². The fourth-order valence-electron chi connectivity index (χ4n) is 3.10. The Kier molecular flexibility index (Phi) is 4.83. The van der Waals surface area contributed by atoms with Gasteiger partial charge in [-0.1, -0.05) is 29.8 Å². The van der Waals surface area contributed by atoms with Crippen LogP contribution in [0.2, 0.25) is 5.02 Å². The number of halogens is 1. The van der Waals surface area contributed by atoms with Crippen molar-refractivity contribution in [3.63, 3.8) is 0 Å². The number of ether oxygens (including phenoxy) is 1. The Hall–Kier alpha value is -1.60. The van der Waals surface area contributed by atoms with Gasteiger partial charge in [0.2, 0.25) is 0 Å². The molecule has 0 saturated carbocycles. The van der Waals surface area contributed by atoms with Crippen LogP contribution in [0.15, 0.2) is 42.5 Å². The van der Waals surface area contributed by atoms with Gasteiger partial charge in [-0.15, -0.1) is 0 Å². The van der Waals surface area contributed by atoms with Crippen molar-refractivity contribution in [2.24, 2.45) is 0 Å². The van der Waals surface area contributed by atoms with Gasteiger partial charge >= 0.3 is 0 Å². The molecule has 2 aromatic carbocycles. The van der Waals surface area contributed by atoms with Crippen LogP contribution in [0.5, 0.6) is 5.75 Å². The molecule has 128 valence electrons. The molecule has 0 bridgehead atoms. The molecule has 1 N–H and O–H groups in total. The molecule has 1 unspecified atom stereocenters. The SMILES string of the molecule is CNS(=O)(=O)N1CCc2ccc(OC)cc2C1c1cccc(Cl)c1. The zero-order chi connectivity index (χ0) is 17.3. The van der Waals surface area contributed by atoms with Crippen molar-refractivity contribution in [2.75, 3.05) is 20.7 Å². The van der Waals surface area contributed by atoms with Gasteiger partial charge in [-0.3, -0.25) is 0 Å². The summed E-state index contributed by atoms with van der Waals surface area (Å²) in [4.78, 5) is 0. The first-order chi connectivity index (χ1) is 11.5. The highest BCUT2D eigenvalue weighted by Gasteiger charge is 2.36. The molecule has 1 atom stereocenters. The summed E-state index contributed by atoms with van der Waals surface area (Å²) < 4.78 is 34.3. The lowest BCUT2D eigenvalue weighted by atomic mass is 9.89. The summed E-state index contributed by atoms with van der Waals surface area (Å²) in [6.07, 6.45) is 0.650. The van der Waals surface area contributed by atoms with Gasteiger partial charge in [-0.05, 0) is 47.4 Å². The lowest BCUT2D eigenvalue weighted by molar-refractivity contribution is 0.338. The molecular formula is C17H19ClN2O3S. The average molecular weight is 367 g/mol. The van der Waals surface area contributed by atoms with E-state index in [4.69, 9.17) is 16.3 Å². The van der Waals surface area contributed by atoms with Crippen molar-refractivity contribution in [2.45, 2.75) is 12.5 Å². The van der Waals surface area contributed by atoms with Crippen molar-refractivity contribution in [1.29, 1.82) is 0 Å². The summed E-state index contributed by atoms with van der Waals surface area (Å²) >= 11 is 6.14. The van der Waals surface area contributed by atoms with E-state index in [0.717, 1.165) is 16.7 Å². The Bertz CT molecular complexity index is 855. The maximum Gasteiger partial charge on any atom is 0.280 e. The Labute approximate surface area is 147 Å². The third kappa shape index (κ3) is 3.15. The first-order valence-electron chi connectivity index (χ1n) is 7.59. The van der Waals surface area contributed by atoms with Gasteiger partial charge in [0, 0.05) is 18.6 Å². The highest BCUT2D eigenvalue weighted by molar-refractivity contribution is 7.87. The minimum Gasteiger partial charge on any atom is -0.497 e. The predicted octanol–water partition coefficient (Wildman–Crippen LogP) is 2.76. The van der Waals surface area contributed by atoms with Crippen LogP contribution in [0, 0.1) is 0 Å². The molecule has 0 saturated heterocycles. The first-order valence-corrected chi connectivity index (χ1v) is 9.40. The number of methoxy groups -OCH3 is 1. The van der Waals surface area contributed by atoms with Gasteiger partial charge in [0.15, 0.2) is 0 Å². The quantitative estimate of drug-likeness (QED) is 0.905. The minimum atomic E-state index is -3.59. The van der Waals surface area contributed by atoms with Crippen molar-refractivity contribution in [3.05, 3.63) is 64.2 Å². The molecule has 1 aliphatic heterocycles. The molecule has 0 spiro atoms. The number of nitrogens with zero attached hydrogens (tertiary/aromatic N) is 1. The monoisotopic (exact) mass is 366 g/mol. The van der Waals surface area contributed by atoms with Crippen LogP contribution in [0.1, 0.15) is 22.7 Å². The van der Waals surface area contributed by atoms with E-state index in [0.29, 0.717) is 23.7 Å². The largest absolute Gasteiger partial charge is 0.497 e. The topological polar surface area (TPSA) is 58.6 Å². The molecule has 5 nitrogen and oxygen atoms in total. The van der Waals surface area contributed by atoms with Gasteiger partial charge in [0.05, 0.1) is 13.2 Å². The van der Waals surface area contributed by atoms with Crippen molar-refractivity contribution in [1.82, 2.24) is 9.03 Å². The van der Waals surface area contributed by atoms with Crippen LogP contribution in [0.25, 0.3) is 0 Å². The van der Waals surface area contributed by atoms with Crippen LogP contribution >= 0.6 is 11.6 Å².